The summed E-state index contributed by atoms with van der Waals surface area (Å²) >= 11 is 0. The van der Waals surface area contributed by atoms with Crippen molar-refractivity contribution in [1.29, 1.82) is 0 Å². The summed E-state index contributed by atoms with van der Waals surface area (Å²) in [6, 6.07) is 8.16. The third kappa shape index (κ3) is 4.72. The van der Waals surface area contributed by atoms with Gasteiger partial charge in [0.2, 0.25) is 5.91 Å². The number of carbonyl (C=O) groups is 2. The smallest absolute Gasteiger partial charge is 0.315 e. The van der Waals surface area contributed by atoms with Gasteiger partial charge in [-0.3, -0.25) is 9.69 Å². The van der Waals surface area contributed by atoms with Crippen LogP contribution in [0.15, 0.2) is 24.3 Å². The Bertz CT molecular complexity index is 613. The molecule has 0 aromatic heterocycles. The standard InChI is InChI=1S/C19H28N4O2/c1-23(16-9-3-2-4-10-16)13-15-8-6-5-7-14(15)11-20-18(24)17-12-21-19(25)22-17/h5-8,16-17H,2-4,9-13H2,1H3,(H,20,24)(H2,21,22,25)/t17-/m0/s1. The second-order valence-corrected chi connectivity index (χ2v) is 7.10. The molecule has 1 atom stereocenters. The molecular weight excluding hydrogens is 316 g/mol. The largest absolute Gasteiger partial charge is 0.350 e. The van der Waals surface area contributed by atoms with E-state index in [1.807, 2.05) is 6.07 Å². The minimum absolute atomic E-state index is 0.145. The number of amides is 3. The highest BCUT2D eigenvalue weighted by atomic mass is 16.2. The number of rotatable bonds is 6. The van der Waals surface area contributed by atoms with Crippen LogP contribution in [0.3, 0.4) is 0 Å². The van der Waals surface area contributed by atoms with Gasteiger partial charge in [-0.2, -0.15) is 0 Å². The van der Waals surface area contributed by atoms with E-state index < -0.39 is 6.04 Å². The summed E-state index contributed by atoms with van der Waals surface area (Å²) in [6.45, 7) is 1.73. The maximum Gasteiger partial charge on any atom is 0.315 e. The van der Waals surface area contributed by atoms with Crippen LogP contribution in [0.2, 0.25) is 0 Å². The zero-order valence-corrected chi connectivity index (χ0v) is 14.9. The molecular formula is C19H28N4O2. The number of nitrogens with one attached hydrogen (secondary N) is 3. The van der Waals surface area contributed by atoms with E-state index in [-0.39, 0.29) is 11.9 Å². The van der Waals surface area contributed by atoms with E-state index in [2.05, 4.69) is 46.1 Å². The highest BCUT2D eigenvalue weighted by Crippen LogP contribution is 2.23. The number of carbonyl (C=O) groups excluding carboxylic acids is 2. The van der Waals surface area contributed by atoms with Gasteiger partial charge < -0.3 is 16.0 Å². The van der Waals surface area contributed by atoms with Crippen LogP contribution in [0.25, 0.3) is 0 Å². The molecule has 2 aliphatic rings. The van der Waals surface area contributed by atoms with Crippen molar-refractivity contribution in [3.63, 3.8) is 0 Å². The van der Waals surface area contributed by atoms with Crippen LogP contribution in [0.5, 0.6) is 0 Å². The zero-order chi connectivity index (χ0) is 17.6. The lowest BCUT2D eigenvalue weighted by Gasteiger charge is -2.31. The van der Waals surface area contributed by atoms with E-state index >= 15 is 0 Å². The lowest BCUT2D eigenvalue weighted by atomic mass is 9.94. The predicted octanol–water partition coefficient (Wildman–Crippen LogP) is 1.75. The van der Waals surface area contributed by atoms with Gasteiger partial charge in [-0.1, -0.05) is 43.5 Å². The van der Waals surface area contributed by atoms with Crippen LogP contribution in [0, 0.1) is 0 Å². The van der Waals surface area contributed by atoms with Crippen molar-refractivity contribution in [2.45, 2.75) is 57.3 Å². The van der Waals surface area contributed by atoms with Crippen molar-refractivity contribution < 1.29 is 9.59 Å². The summed E-state index contributed by atoms with van der Waals surface area (Å²) in [5.41, 5.74) is 2.39. The zero-order valence-electron chi connectivity index (χ0n) is 14.9. The van der Waals surface area contributed by atoms with E-state index in [9.17, 15) is 9.59 Å². The average molecular weight is 344 g/mol. The van der Waals surface area contributed by atoms with E-state index in [0.29, 0.717) is 19.1 Å². The van der Waals surface area contributed by atoms with Gasteiger partial charge in [-0.05, 0) is 31.0 Å². The van der Waals surface area contributed by atoms with E-state index in [4.69, 9.17) is 0 Å². The molecule has 0 bridgehead atoms. The molecule has 1 saturated heterocycles. The molecule has 1 aromatic carbocycles. The first-order valence-electron chi connectivity index (χ1n) is 9.22. The Morgan fingerprint density at radius 1 is 1.20 bits per heavy atom. The molecule has 1 aliphatic carbocycles. The van der Waals surface area contributed by atoms with Gasteiger partial charge in [0, 0.05) is 25.7 Å². The SMILES string of the molecule is CN(Cc1ccccc1CNC(=O)[C@@H]1CNC(=O)N1)C1CCCCC1. The Hall–Kier alpha value is -2.08. The number of hydrogen-bond donors (Lipinski definition) is 3. The van der Waals surface area contributed by atoms with Crippen molar-refractivity contribution in [2.24, 2.45) is 0 Å². The van der Waals surface area contributed by atoms with Crippen LogP contribution in [-0.4, -0.2) is 42.5 Å². The van der Waals surface area contributed by atoms with Crippen LogP contribution < -0.4 is 16.0 Å². The van der Waals surface area contributed by atoms with Gasteiger partial charge in [0.25, 0.3) is 0 Å². The van der Waals surface area contributed by atoms with E-state index in [1.54, 1.807) is 0 Å². The van der Waals surface area contributed by atoms with Crippen molar-refractivity contribution in [3.05, 3.63) is 35.4 Å². The summed E-state index contributed by atoms with van der Waals surface area (Å²) in [4.78, 5) is 25.8. The molecule has 0 spiro atoms. The van der Waals surface area contributed by atoms with Crippen LogP contribution in [0.1, 0.15) is 43.2 Å². The molecule has 0 unspecified atom stereocenters. The van der Waals surface area contributed by atoms with E-state index in [1.165, 1.54) is 37.7 Å². The third-order valence-corrected chi connectivity index (χ3v) is 5.28. The first kappa shape index (κ1) is 17.7. The topological polar surface area (TPSA) is 73.5 Å². The Morgan fingerprint density at radius 3 is 2.60 bits per heavy atom. The van der Waals surface area contributed by atoms with Crippen LogP contribution in [-0.2, 0) is 17.9 Å². The minimum Gasteiger partial charge on any atom is -0.350 e. The van der Waals surface area contributed by atoms with Gasteiger partial charge in [0.15, 0.2) is 0 Å². The van der Waals surface area contributed by atoms with Crippen molar-refractivity contribution in [1.82, 2.24) is 20.9 Å². The van der Waals surface area contributed by atoms with Crippen molar-refractivity contribution in [2.75, 3.05) is 13.6 Å². The number of nitrogens with zero attached hydrogens (tertiary/aromatic N) is 1. The lowest BCUT2D eigenvalue weighted by molar-refractivity contribution is -0.122. The number of hydrogen-bond acceptors (Lipinski definition) is 3. The molecule has 1 saturated carbocycles. The van der Waals surface area contributed by atoms with Crippen LogP contribution in [0.4, 0.5) is 4.79 Å². The monoisotopic (exact) mass is 344 g/mol. The maximum atomic E-state index is 12.2. The van der Waals surface area contributed by atoms with Crippen molar-refractivity contribution in [3.8, 4) is 0 Å². The Balaban J connectivity index is 1.56. The molecule has 3 rings (SSSR count). The fourth-order valence-corrected chi connectivity index (χ4v) is 3.72. The van der Waals surface area contributed by atoms with Gasteiger partial charge in [0.1, 0.15) is 6.04 Å². The highest BCUT2D eigenvalue weighted by Gasteiger charge is 2.26. The van der Waals surface area contributed by atoms with Gasteiger partial charge >= 0.3 is 6.03 Å². The Kier molecular flexibility index (Phi) is 5.91. The van der Waals surface area contributed by atoms with E-state index in [0.717, 1.165) is 12.1 Å². The molecule has 1 heterocycles. The van der Waals surface area contributed by atoms with Gasteiger partial charge in [0.05, 0.1) is 0 Å². The summed E-state index contributed by atoms with van der Waals surface area (Å²) in [7, 11) is 2.20. The molecule has 6 nitrogen and oxygen atoms in total. The Labute approximate surface area is 149 Å². The average Bonchev–Trinajstić information content (AvgIpc) is 3.08. The first-order chi connectivity index (χ1) is 12.1. The molecule has 0 radical (unpaired) electrons. The van der Waals surface area contributed by atoms with Crippen molar-refractivity contribution >= 4 is 11.9 Å². The lowest BCUT2D eigenvalue weighted by Crippen LogP contribution is -2.42. The molecule has 1 aromatic rings. The molecule has 2 fully saturated rings. The van der Waals surface area contributed by atoms with Gasteiger partial charge in [-0.15, -0.1) is 0 Å². The quantitative estimate of drug-likeness (QED) is 0.736. The summed E-state index contributed by atoms with van der Waals surface area (Å²) in [5.74, 6) is -0.145. The second kappa shape index (κ2) is 8.34. The maximum absolute atomic E-state index is 12.2. The fraction of sp³-hybridized carbons (Fsp3) is 0.579. The molecule has 1 aliphatic heterocycles. The summed E-state index contributed by atoms with van der Waals surface area (Å²) in [6.07, 6.45) is 6.58. The normalized spacial score (nSPS) is 21.0. The number of benzene rings is 1. The predicted molar refractivity (Wildman–Crippen MR) is 97.0 cm³/mol. The molecule has 136 valence electrons. The van der Waals surface area contributed by atoms with Crippen LogP contribution >= 0.6 is 0 Å². The minimum atomic E-state index is -0.482. The summed E-state index contributed by atoms with van der Waals surface area (Å²) in [5, 5.41) is 8.16. The molecule has 6 heteroatoms. The molecule has 25 heavy (non-hydrogen) atoms. The third-order valence-electron chi connectivity index (χ3n) is 5.28. The second-order valence-electron chi connectivity index (χ2n) is 7.10. The number of urea groups is 1. The first-order valence-corrected chi connectivity index (χ1v) is 9.22. The molecule has 3 N–H and O–H groups in total. The Morgan fingerprint density at radius 2 is 1.92 bits per heavy atom. The summed E-state index contributed by atoms with van der Waals surface area (Å²) < 4.78 is 0. The van der Waals surface area contributed by atoms with Gasteiger partial charge in [-0.25, -0.2) is 4.79 Å². The highest BCUT2D eigenvalue weighted by molar-refractivity contribution is 5.90. The fourth-order valence-electron chi connectivity index (χ4n) is 3.72. The molecule has 3 amide bonds.